The van der Waals surface area contributed by atoms with Crippen LogP contribution in [0.5, 0.6) is 0 Å². The van der Waals surface area contributed by atoms with E-state index in [2.05, 4.69) is 39.7 Å². The standard InChI is InChI=1S/C14H15N5/c1-10(15-2)13-9-16-14(19-8-7-17-18-19)12-6-4-3-5-11(12)13/h3-10,15H,1-2H3. The Hall–Kier alpha value is -2.27. The van der Waals surface area contributed by atoms with Crippen LogP contribution in [0.25, 0.3) is 16.6 Å². The molecule has 5 heteroatoms. The minimum Gasteiger partial charge on any atom is -0.313 e. The van der Waals surface area contributed by atoms with E-state index in [9.17, 15) is 0 Å². The molecule has 3 aromatic rings. The summed E-state index contributed by atoms with van der Waals surface area (Å²) in [6, 6.07) is 8.48. The van der Waals surface area contributed by atoms with E-state index in [0.29, 0.717) is 0 Å². The molecule has 0 bridgehead atoms. The Morgan fingerprint density at radius 2 is 2.00 bits per heavy atom. The van der Waals surface area contributed by atoms with Crippen molar-refractivity contribution < 1.29 is 0 Å². The molecule has 0 aliphatic heterocycles. The van der Waals surface area contributed by atoms with Crippen molar-refractivity contribution in [2.75, 3.05) is 7.05 Å². The first kappa shape index (κ1) is 11.8. The summed E-state index contributed by atoms with van der Waals surface area (Å²) < 4.78 is 1.69. The summed E-state index contributed by atoms with van der Waals surface area (Å²) in [4.78, 5) is 4.54. The molecule has 2 aromatic heterocycles. The minimum atomic E-state index is 0.252. The number of nitrogens with zero attached hydrogens (tertiary/aromatic N) is 4. The number of benzene rings is 1. The highest BCUT2D eigenvalue weighted by Gasteiger charge is 2.12. The highest BCUT2D eigenvalue weighted by molar-refractivity contribution is 5.91. The lowest BCUT2D eigenvalue weighted by molar-refractivity contribution is 0.654. The van der Waals surface area contributed by atoms with E-state index >= 15 is 0 Å². The third-order valence-electron chi connectivity index (χ3n) is 3.34. The van der Waals surface area contributed by atoms with Gasteiger partial charge in [0.2, 0.25) is 0 Å². The molecule has 0 spiro atoms. The van der Waals surface area contributed by atoms with E-state index in [1.165, 1.54) is 10.9 Å². The van der Waals surface area contributed by atoms with Crippen molar-refractivity contribution in [3.05, 3.63) is 48.4 Å². The van der Waals surface area contributed by atoms with Crippen LogP contribution >= 0.6 is 0 Å². The molecule has 0 amide bonds. The van der Waals surface area contributed by atoms with E-state index in [-0.39, 0.29) is 6.04 Å². The van der Waals surface area contributed by atoms with Gasteiger partial charge in [-0.1, -0.05) is 29.5 Å². The van der Waals surface area contributed by atoms with Gasteiger partial charge in [0.15, 0.2) is 5.82 Å². The van der Waals surface area contributed by atoms with Crippen LogP contribution in [-0.2, 0) is 0 Å². The van der Waals surface area contributed by atoms with Gasteiger partial charge in [0.1, 0.15) is 0 Å². The molecular formula is C14H15N5. The Labute approximate surface area is 111 Å². The third kappa shape index (κ3) is 1.98. The molecule has 1 N–H and O–H groups in total. The van der Waals surface area contributed by atoms with Crippen LogP contribution in [0.2, 0.25) is 0 Å². The van der Waals surface area contributed by atoms with Crippen molar-refractivity contribution in [2.45, 2.75) is 13.0 Å². The second-order valence-corrected chi connectivity index (χ2v) is 4.44. The largest absolute Gasteiger partial charge is 0.313 e. The van der Waals surface area contributed by atoms with Crippen molar-refractivity contribution in [1.29, 1.82) is 0 Å². The number of hydrogen-bond donors (Lipinski definition) is 1. The SMILES string of the molecule is CNC(C)c1cnc(-n2ccnn2)c2ccccc12. The molecule has 19 heavy (non-hydrogen) atoms. The van der Waals surface area contributed by atoms with Gasteiger partial charge in [0.05, 0.1) is 12.4 Å². The van der Waals surface area contributed by atoms with Crippen molar-refractivity contribution in [3.63, 3.8) is 0 Å². The molecule has 0 fully saturated rings. The summed E-state index contributed by atoms with van der Waals surface area (Å²) in [5, 5.41) is 13.4. The Kier molecular flexibility index (Phi) is 2.97. The second-order valence-electron chi connectivity index (χ2n) is 4.44. The van der Waals surface area contributed by atoms with Gasteiger partial charge in [-0.15, -0.1) is 5.10 Å². The quantitative estimate of drug-likeness (QED) is 0.776. The summed E-state index contributed by atoms with van der Waals surface area (Å²) in [7, 11) is 1.95. The van der Waals surface area contributed by atoms with E-state index in [0.717, 1.165) is 11.2 Å². The summed E-state index contributed by atoms with van der Waals surface area (Å²) in [5.74, 6) is 0.806. The smallest absolute Gasteiger partial charge is 0.162 e. The van der Waals surface area contributed by atoms with Crippen LogP contribution in [0, 0.1) is 0 Å². The fourth-order valence-electron chi connectivity index (χ4n) is 2.20. The first-order valence-corrected chi connectivity index (χ1v) is 6.23. The third-order valence-corrected chi connectivity index (χ3v) is 3.34. The van der Waals surface area contributed by atoms with Gasteiger partial charge >= 0.3 is 0 Å². The first-order valence-electron chi connectivity index (χ1n) is 6.23. The number of rotatable bonds is 3. The number of nitrogens with one attached hydrogen (secondary N) is 1. The highest BCUT2D eigenvalue weighted by atomic mass is 15.4. The monoisotopic (exact) mass is 253 g/mol. The van der Waals surface area contributed by atoms with Crippen LogP contribution in [0.15, 0.2) is 42.9 Å². The lowest BCUT2D eigenvalue weighted by atomic mass is 10.0. The average Bonchev–Trinajstić information content (AvgIpc) is 2.99. The number of pyridine rings is 1. The van der Waals surface area contributed by atoms with Crippen LogP contribution in [0.3, 0.4) is 0 Å². The van der Waals surface area contributed by atoms with Crippen LogP contribution in [-0.4, -0.2) is 27.0 Å². The lowest BCUT2D eigenvalue weighted by Crippen LogP contribution is -2.13. The van der Waals surface area contributed by atoms with Crippen molar-refractivity contribution >= 4 is 10.8 Å². The molecular weight excluding hydrogens is 238 g/mol. The van der Waals surface area contributed by atoms with Gasteiger partial charge < -0.3 is 5.32 Å². The molecule has 0 saturated carbocycles. The fourth-order valence-corrected chi connectivity index (χ4v) is 2.20. The maximum absolute atomic E-state index is 4.54. The molecule has 1 aromatic carbocycles. The summed E-state index contributed by atoms with van der Waals surface area (Å²) in [6.45, 7) is 2.12. The fraction of sp³-hybridized carbons (Fsp3) is 0.214. The number of hydrogen-bond acceptors (Lipinski definition) is 4. The molecule has 2 heterocycles. The van der Waals surface area contributed by atoms with Crippen LogP contribution in [0.1, 0.15) is 18.5 Å². The summed E-state index contributed by atoms with van der Waals surface area (Å²) >= 11 is 0. The molecule has 96 valence electrons. The molecule has 5 nitrogen and oxygen atoms in total. The maximum Gasteiger partial charge on any atom is 0.162 e. The van der Waals surface area contributed by atoms with Crippen LogP contribution in [0.4, 0.5) is 0 Å². The van der Waals surface area contributed by atoms with E-state index in [4.69, 9.17) is 0 Å². The molecule has 0 saturated heterocycles. The zero-order chi connectivity index (χ0) is 13.2. The van der Waals surface area contributed by atoms with E-state index in [1.54, 1.807) is 17.1 Å². The van der Waals surface area contributed by atoms with Gasteiger partial charge in [-0.2, -0.15) is 0 Å². The zero-order valence-corrected chi connectivity index (χ0v) is 10.9. The van der Waals surface area contributed by atoms with Crippen LogP contribution < -0.4 is 5.32 Å². The Morgan fingerprint density at radius 1 is 1.21 bits per heavy atom. The Bertz CT molecular complexity index is 690. The zero-order valence-electron chi connectivity index (χ0n) is 10.9. The minimum absolute atomic E-state index is 0.252. The predicted octanol–water partition coefficient (Wildman–Crippen LogP) is 2.10. The van der Waals surface area contributed by atoms with Gasteiger partial charge in [-0.05, 0) is 24.9 Å². The molecule has 1 unspecified atom stereocenters. The van der Waals surface area contributed by atoms with Crippen molar-refractivity contribution in [3.8, 4) is 5.82 Å². The van der Waals surface area contributed by atoms with Gasteiger partial charge in [-0.3, -0.25) is 0 Å². The molecule has 0 radical (unpaired) electrons. The van der Waals surface area contributed by atoms with Crippen molar-refractivity contribution in [1.82, 2.24) is 25.3 Å². The van der Waals surface area contributed by atoms with E-state index in [1.807, 2.05) is 25.4 Å². The number of fused-ring (bicyclic) bond motifs is 1. The topological polar surface area (TPSA) is 55.6 Å². The summed E-state index contributed by atoms with van der Waals surface area (Å²) in [5.41, 5.74) is 1.18. The average molecular weight is 253 g/mol. The van der Waals surface area contributed by atoms with Gasteiger partial charge in [-0.25, -0.2) is 9.67 Å². The van der Waals surface area contributed by atoms with E-state index < -0.39 is 0 Å². The van der Waals surface area contributed by atoms with Crippen molar-refractivity contribution in [2.24, 2.45) is 0 Å². The molecule has 1 atom stereocenters. The lowest BCUT2D eigenvalue weighted by Gasteiger charge is -2.15. The maximum atomic E-state index is 4.54. The second kappa shape index (κ2) is 4.78. The van der Waals surface area contributed by atoms with Gasteiger partial charge in [0, 0.05) is 17.6 Å². The molecule has 3 rings (SSSR count). The molecule has 0 aliphatic rings. The number of aromatic nitrogens is 4. The normalized spacial score (nSPS) is 12.7. The van der Waals surface area contributed by atoms with Gasteiger partial charge in [0.25, 0.3) is 0 Å². The first-order chi connectivity index (χ1) is 9.31. The summed E-state index contributed by atoms with van der Waals surface area (Å²) in [6.07, 6.45) is 5.36. The molecule has 0 aliphatic carbocycles. The predicted molar refractivity (Wildman–Crippen MR) is 74.1 cm³/mol. The highest BCUT2D eigenvalue weighted by Crippen LogP contribution is 2.26. The Morgan fingerprint density at radius 3 is 2.68 bits per heavy atom. The Balaban J connectivity index is 2.28.